The number of quaternary nitrogens is 1. The van der Waals surface area contributed by atoms with Crippen LogP contribution < -0.4 is 4.90 Å². The highest BCUT2D eigenvalue weighted by Gasteiger charge is 2.35. The zero-order chi connectivity index (χ0) is 17.2. The molecule has 1 aromatic heterocycles. The number of rotatable bonds is 6. The Bertz CT molecular complexity index is 861. The monoisotopic (exact) mass is 358 g/mol. The second-order valence-corrected chi connectivity index (χ2v) is 6.83. The maximum atomic E-state index is 14.0. The van der Waals surface area contributed by atoms with Crippen molar-refractivity contribution in [3.8, 4) is 11.4 Å². The SMILES string of the molecule is Fc1ccccc1C[NH+](Cc1nc(-c2ccc(Cl)cc2)no1)C1CC1. The molecule has 6 heteroatoms. The van der Waals surface area contributed by atoms with E-state index >= 15 is 0 Å². The molecule has 0 saturated heterocycles. The van der Waals surface area contributed by atoms with E-state index in [1.165, 1.54) is 11.0 Å². The van der Waals surface area contributed by atoms with Crippen molar-refractivity contribution >= 4 is 11.6 Å². The van der Waals surface area contributed by atoms with Crippen molar-refractivity contribution in [2.75, 3.05) is 0 Å². The van der Waals surface area contributed by atoms with Crippen LogP contribution in [0.25, 0.3) is 11.4 Å². The Hall–Kier alpha value is -2.24. The third kappa shape index (κ3) is 3.89. The number of hydrogen-bond acceptors (Lipinski definition) is 3. The summed E-state index contributed by atoms with van der Waals surface area (Å²) in [6, 6.07) is 14.8. The molecule has 0 radical (unpaired) electrons. The summed E-state index contributed by atoms with van der Waals surface area (Å²) in [4.78, 5) is 5.75. The van der Waals surface area contributed by atoms with E-state index in [0.717, 1.165) is 24.0 Å². The normalized spacial score (nSPS) is 15.3. The number of nitrogens with one attached hydrogen (secondary N) is 1. The lowest BCUT2D eigenvalue weighted by Gasteiger charge is -2.17. The first-order chi connectivity index (χ1) is 12.2. The molecule has 1 aliphatic rings. The van der Waals surface area contributed by atoms with Gasteiger partial charge in [0.25, 0.3) is 5.89 Å². The van der Waals surface area contributed by atoms with E-state index in [4.69, 9.17) is 16.1 Å². The van der Waals surface area contributed by atoms with Crippen molar-refractivity contribution in [2.24, 2.45) is 0 Å². The topological polar surface area (TPSA) is 43.4 Å². The fourth-order valence-corrected chi connectivity index (χ4v) is 3.09. The Balaban J connectivity index is 1.49. The van der Waals surface area contributed by atoms with Crippen LogP contribution in [-0.2, 0) is 13.1 Å². The lowest BCUT2D eigenvalue weighted by atomic mass is 10.2. The molecule has 3 aromatic rings. The number of hydrogen-bond donors (Lipinski definition) is 1. The summed E-state index contributed by atoms with van der Waals surface area (Å²) < 4.78 is 19.4. The van der Waals surface area contributed by atoms with Crippen molar-refractivity contribution in [3.05, 3.63) is 70.8 Å². The summed E-state index contributed by atoms with van der Waals surface area (Å²) in [6.07, 6.45) is 2.31. The molecule has 1 unspecified atom stereocenters. The van der Waals surface area contributed by atoms with Crippen molar-refractivity contribution in [2.45, 2.75) is 32.0 Å². The number of nitrogens with zero attached hydrogens (tertiary/aromatic N) is 2. The zero-order valence-corrected chi connectivity index (χ0v) is 14.3. The first-order valence-electron chi connectivity index (χ1n) is 8.35. The third-order valence-corrected chi connectivity index (χ3v) is 4.73. The first-order valence-corrected chi connectivity index (χ1v) is 8.73. The molecular formula is C19H18ClFN3O+. The van der Waals surface area contributed by atoms with Gasteiger partial charge in [0, 0.05) is 29.0 Å². The minimum atomic E-state index is -0.159. The Morgan fingerprint density at radius 2 is 1.84 bits per heavy atom. The Morgan fingerprint density at radius 1 is 1.08 bits per heavy atom. The molecule has 1 N–H and O–H groups in total. The Kier molecular flexibility index (Phi) is 4.51. The van der Waals surface area contributed by atoms with Gasteiger partial charge in [-0.25, -0.2) is 4.39 Å². The van der Waals surface area contributed by atoms with Crippen LogP contribution in [0.2, 0.25) is 5.02 Å². The van der Waals surface area contributed by atoms with E-state index in [2.05, 4.69) is 10.1 Å². The molecule has 0 aliphatic heterocycles. The fourth-order valence-electron chi connectivity index (χ4n) is 2.97. The largest absolute Gasteiger partial charge is 0.333 e. The second-order valence-electron chi connectivity index (χ2n) is 6.40. The standard InChI is InChI=1S/C19H17ClFN3O/c20-15-7-5-13(6-8-15)19-22-18(25-23-19)12-24(16-9-10-16)11-14-3-1-2-4-17(14)21/h1-8,16H,9-12H2/p+1. The van der Waals surface area contributed by atoms with Crippen molar-refractivity contribution in [3.63, 3.8) is 0 Å². The number of benzene rings is 2. The minimum Gasteiger partial charge on any atom is -0.333 e. The molecular weight excluding hydrogens is 341 g/mol. The second kappa shape index (κ2) is 6.94. The highest BCUT2D eigenvalue weighted by Crippen LogP contribution is 2.20. The van der Waals surface area contributed by atoms with Gasteiger partial charge in [-0.3, -0.25) is 0 Å². The summed E-state index contributed by atoms with van der Waals surface area (Å²) in [7, 11) is 0. The van der Waals surface area contributed by atoms with E-state index in [-0.39, 0.29) is 5.82 Å². The highest BCUT2D eigenvalue weighted by molar-refractivity contribution is 6.30. The van der Waals surface area contributed by atoms with E-state index in [1.54, 1.807) is 18.2 Å². The average Bonchev–Trinajstić information content (AvgIpc) is 3.36. The summed E-state index contributed by atoms with van der Waals surface area (Å²) in [5.74, 6) is 0.962. The molecule has 2 aromatic carbocycles. The van der Waals surface area contributed by atoms with Crippen LogP contribution in [0.1, 0.15) is 24.3 Å². The van der Waals surface area contributed by atoms with Crippen LogP contribution in [0, 0.1) is 5.82 Å². The van der Waals surface area contributed by atoms with Gasteiger partial charge in [0.1, 0.15) is 12.4 Å². The van der Waals surface area contributed by atoms with Crippen LogP contribution in [0.5, 0.6) is 0 Å². The van der Waals surface area contributed by atoms with Gasteiger partial charge < -0.3 is 9.42 Å². The van der Waals surface area contributed by atoms with Gasteiger partial charge in [0.2, 0.25) is 5.82 Å². The molecule has 0 bridgehead atoms. The molecule has 0 spiro atoms. The Morgan fingerprint density at radius 3 is 2.56 bits per heavy atom. The average molecular weight is 359 g/mol. The molecule has 1 aliphatic carbocycles. The van der Waals surface area contributed by atoms with E-state index < -0.39 is 0 Å². The van der Waals surface area contributed by atoms with E-state index in [1.807, 2.05) is 24.3 Å². The van der Waals surface area contributed by atoms with E-state index in [9.17, 15) is 4.39 Å². The molecule has 4 rings (SSSR count). The predicted octanol–water partition coefficient (Wildman–Crippen LogP) is 3.28. The highest BCUT2D eigenvalue weighted by atomic mass is 35.5. The van der Waals surface area contributed by atoms with Gasteiger partial charge in [-0.2, -0.15) is 4.98 Å². The molecule has 1 heterocycles. The Labute approximate surface area is 150 Å². The van der Waals surface area contributed by atoms with Gasteiger partial charge >= 0.3 is 0 Å². The molecule has 25 heavy (non-hydrogen) atoms. The first kappa shape index (κ1) is 16.2. The van der Waals surface area contributed by atoms with Crippen molar-refractivity contribution < 1.29 is 13.8 Å². The van der Waals surface area contributed by atoms with Crippen LogP contribution in [0.15, 0.2) is 53.1 Å². The van der Waals surface area contributed by atoms with E-state index in [0.29, 0.717) is 35.9 Å². The van der Waals surface area contributed by atoms with Crippen molar-refractivity contribution in [1.82, 2.24) is 10.1 Å². The smallest absolute Gasteiger partial charge is 0.282 e. The predicted molar refractivity (Wildman–Crippen MR) is 92.5 cm³/mol. The number of aromatic nitrogens is 2. The minimum absolute atomic E-state index is 0.159. The summed E-state index contributed by atoms with van der Waals surface area (Å²) in [5, 5.41) is 4.73. The molecule has 0 amide bonds. The zero-order valence-electron chi connectivity index (χ0n) is 13.6. The van der Waals surface area contributed by atoms with Gasteiger partial charge in [-0.1, -0.05) is 35.0 Å². The molecule has 1 saturated carbocycles. The van der Waals surface area contributed by atoms with Gasteiger partial charge in [-0.05, 0) is 30.3 Å². The summed E-state index contributed by atoms with van der Waals surface area (Å²) >= 11 is 5.91. The summed E-state index contributed by atoms with van der Waals surface area (Å²) in [5.41, 5.74) is 1.59. The fraction of sp³-hybridized carbons (Fsp3) is 0.263. The van der Waals surface area contributed by atoms with Gasteiger partial charge in [0.15, 0.2) is 6.54 Å². The maximum Gasteiger partial charge on any atom is 0.282 e. The maximum absolute atomic E-state index is 14.0. The van der Waals surface area contributed by atoms with Crippen LogP contribution in [-0.4, -0.2) is 16.2 Å². The van der Waals surface area contributed by atoms with Crippen LogP contribution >= 0.6 is 11.6 Å². The lowest BCUT2D eigenvalue weighted by molar-refractivity contribution is -0.939. The van der Waals surface area contributed by atoms with Gasteiger partial charge in [-0.15, -0.1) is 0 Å². The quantitative estimate of drug-likeness (QED) is 0.735. The molecule has 4 nitrogen and oxygen atoms in total. The van der Waals surface area contributed by atoms with Gasteiger partial charge in [0.05, 0.1) is 6.04 Å². The summed E-state index contributed by atoms with van der Waals surface area (Å²) in [6.45, 7) is 1.22. The van der Waals surface area contributed by atoms with Crippen LogP contribution in [0.3, 0.4) is 0 Å². The lowest BCUT2D eigenvalue weighted by Crippen LogP contribution is -3.10. The van der Waals surface area contributed by atoms with Crippen LogP contribution in [0.4, 0.5) is 4.39 Å². The molecule has 1 fully saturated rings. The third-order valence-electron chi connectivity index (χ3n) is 4.48. The number of halogens is 2. The van der Waals surface area contributed by atoms with Crippen molar-refractivity contribution in [1.29, 1.82) is 0 Å². The molecule has 128 valence electrons. The molecule has 1 atom stereocenters.